The molecule has 22 heavy (non-hydrogen) atoms. The Labute approximate surface area is 130 Å². The number of aromatic nitrogens is 2. The number of nitrogens with one attached hydrogen (secondary N) is 1. The SMILES string of the molecule is COCc1cc(C)nc2c(C(=O)NC(C)(C)C3CC3)ccn12. The van der Waals surface area contributed by atoms with Gasteiger partial charge in [-0.15, -0.1) is 0 Å². The molecule has 1 fully saturated rings. The highest BCUT2D eigenvalue weighted by Gasteiger charge is 2.39. The van der Waals surface area contributed by atoms with Gasteiger partial charge in [0, 0.05) is 24.5 Å². The van der Waals surface area contributed by atoms with Crippen LogP contribution in [-0.2, 0) is 11.3 Å². The largest absolute Gasteiger partial charge is 0.378 e. The van der Waals surface area contributed by atoms with Gasteiger partial charge in [0.2, 0.25) is 0 Å². The Hall–Kier alpha value is -1.88. The fourth-order valence-electron chi connectivity index (χ4n) is 2.98. The molecule has 0 unspecified atom stereocenters. The summed E-state index contributed by atoms with van der Waals surface area (Å²) in [6.45, 7) is 6.61. The van der Waals surface area contributed by atoms with Crippen LogP contribution in [0, 0.1) is 12.8 Å². The van der Waals surface area contributed by atoms with E-state index in [0.29, 0.717) is 23.7 Å². The molecule has 1 saturated carbocycles. The van der Waals surface area contributed by atoms with Crippen LogP contribution in [-0.4, -0.2) is 27.9 Å². The fourth-order valence-corrected chi connectivity index (χ4v) is 2.98. The Morgan fingerprint density at radius 3 is 2.86 bits per heavy atom. The first kappa shape index (κ1) is 15.0. The van der Waals surface area contributed by atoms with E-state index < -0.39 is 0 Å². The maximum atomic E-state index is 12.7. The molecular formula is C17H23N3O2. The molecule has 0 saturated heterocycles. The average Bonchev–Trinajstić information content (AvgIpc) is 3.20. The van der Waals surface area contributed by atoms with Crippen LogP contribution in [0.2, 0.25) is 0 Å². The molecule has 0 aliphatic heterocycles. The van der Waals surface area contributed by atoms with Crippen LogP contribution in [0.5, 0.6) is 0 Å². The smallest absolute Gasteiger partial charge is 0.255 e. The molecule has 1 aliphatic carbocycles. The minimum atomic E-state index is -0.162. The maximum Gasteiger partial charge on any atom is 0.255 e. The lowest BCUT2D eigenvalue weighted by Gasteiger charge is -2.26. The molecule has 5 heteroatoms. The number of rotatable bonds is 5. The lowest BCUT2D eigenvalue weighted by atomic mass is 9.98. The zero-order valence-electron chi connectivity index (χ0n) is 13.6. The summed E-state index contributed by atoms with van der Waals surface area (Å²) in [4.78, 5) is 17.2. The van der Waals surface area contributed by atoms with Crippen molar-refractivity contribution < 1.29 is 9.53 Å². The van der Waals surface area contributed by atoms with Gasteiger partial charge in [-0.1, -0.05) is 0 Å². The van der Waals surface area contributed by atoms with Crippen LogP contribution in [0.25, 0.3) is 5.65 Å². The first-order valence-electron chi connectivity index (χ1n) is 7.71. The summed E-state index contributed by atoms with van der Waals surface area (Å²) >= 11 is 0. The third-order valence-electron chi connectivity index (χ3n) is 4.40. The number of nitrogens with zero attached hydrogens (tertiary/aromatic N) is 2. The lowest BCUT2D eigenvalue weighted by Crippen LogP contribution is -2.45. The zero-order chi connectivity index (χ0) is 15.9. The van der Waals surface area contributed by atoms with Gasteiger partial charge in [0.25, 0.3) is 5.91 Å². The number of hydrogen-bond acceptors (Lipinski definition) is 3. The monoisotopic (exact) mass is 301 g/mol. The van der Waals surface area contributed by atoms with E-state index in [0.717, 1.165) is 11.4 Å². The van der Waals surface area contributed by atoms with Crippen LogP contribution in [0.4, 0.5) is 0 Å². The van der Waals surface area contributed by atoms with Crippen molar-refractivity contribution in [3.8, 4) is 0 Å². The van der Waals surface area contributed by atoms with Crippen LogP contribution < -0.4 is 5.32 Å². The van der Waals surface area contributed by atoms with E-state index in [1.807, 2.05) is 29.7 Å². The van der Waals surface area contributed by atoms with Crippen molar-refractivity contribution in [2.24, 2.45) is 5.92 Å². The molecule has 0 aromatic carbocycles. The van der Waals surface area contributed by atoms with E-state index in [4.69, 9.17) is 4.74 Å². The molecule has 5 nitrogen and oxygen atoms in total. The van der Waals surface area contributed by atoms with Crippen molar-refractivity contribution in [3.05, 3.63) is 35.3 Å². The number of methoxy groups -OCH3 is 1. The molecule has 0 atom stereocenters. The number of ether oxygens (including phenoxy) is 1. The van der Waals surface area contributed by atoms with E-state index in [1.54, 1.807) is 7.11 Å². The number of hydrogen-bond donors (Lipinski definition) is 1. The molecule has 1 aliphatic rings. The van der Waals surface area contributed by atoms with Crippen LogP contribution in [0.15, 0.2) is 18.3 Å². The second kappa shape index (κ2) is 5.39. The number of aryl methyl sites for hydroxylation is 1. The van der Waals surface area contributed by atoms with Crippen molar-refractivity contribution >= 4 is 11.6 Å². The first-order valence-corrected chi connectivity index (χ1v) is 7.71. The Kier molecular flexibility index (Phi) is 3.68. The summed E-state index contributed by atoms with van der Waals surface area (Å²) in [7, 11) is 1.66. The van der Waals surface area contributed by atoms with Gasteiger partial charge >= 0.3 is 0 Å². The van der Waals surface area contributed by atoms with E-state index in [2.05, 4.69) is 24.1 Å². The average molecular weight is 301 g/mol. The van der Waals surface area contributed by atoms with Gasteiger partial charge < -0.3 is 14.5 Å². The lowest BCUT2D eigenvalue weighted by molar-refractivity contribution is 0.0905. The second-order valence-corrected chi connectivity index (χ2v) is 6.69. The van der Waals surface area contributed by atoms with Gasteiger partial charge in [-0.3, -0.25) is 4.79 Å². The topological polar surface area (TPSA) is 55.6 Å². The molecule has 1 amide bonds. The highest BCUT2D eigenvalue weighted by Crippen LogP contribution is 2.39. The summed E-state index contributed by atoms with van der Waals surface area (Å²) in [6, 6.07) is 3.81. The van der Waals surface area contributed by atoms with Gasteiger partial charge in [-0.2, -0.15) is 0 Å². The van der Waals surface area contributed by atoms with Crippen molar-refractivity contribution in [2.75, 3.05) is 7.11 Å². The van der Waals surface area contributed by atoms with Crippen molar-refractivity contribution in [3.63, 3.8) is 0 Å². The summed E-state index contributed by atoms with van der Waals surface area (Å²) in [6.07, 6.45) is 4.27. The Bertz CT molecular complexity index is 714. The van der Waals surface area contributed by atoms with Crippen molar-refractivity contribution in [1.82, 2.24) is 14.7 Å². The molecular weight excluding hydrogens is 278 g/mol. The van der Waals surface area contributed by atoms with E-state index >= 15 is 0 Å². The van der Waals surface area contributed by atoms with Gasteiger partial charge in [-0.25, -0.2) is 4.98 Å². The first-order chi connectivity index (χ1) is 10.4. The van der Waals surface area contributed by atoms with E-state index in [9.17, 15) is 4.79 Å². The standard InChI is InChI=1S/C17H23N3O2/c1-11-9-13(10-22-4)20-8-7-14(15(20)18-11)16(21)19-17(2,3)12-5-6-12/h7-9,12H,5-6,10H2,1-4H3,(H,19,21). The van der Waals surface area contributed by atoms with Crippen LogP contribution >= 0.6 is 0 Å². The second-order valence-electron chi connectivity index (χ2n) is 6.69. The highest BCUT2D eigenvalue weighted by atomic mass is 16.5. The molecule has 1 N–H and O–H groups in total. The van der Waals surface area contributed by atoms with Crippen molar-refractivity contribution in [2.45, 2.75) is 45.8 Å². The molecule has 2 aromatic heterocycles. The van der Waals surface area contributed by atoms with Crippen LogP contribution in [0.1, 0.15) is 48.4 Å². The number of carbonyl (C=O) groups is 1. The Morgan fingerprint density at radius 1 is 1.50 bits per heavy atom. The van der Waals surface area contributed by atoms with Crippen molar-refractivity contribution in [1.29, 1.82) is 0 Å². The molecule has 2 aromatic rings. The Balaban J connectivity index is 1.95. The van der Waals surface area contributed by atoms with Crippen LogP contribution in [0.3, 0.4) is 0 Å². The Morgan fingerprint density at radius 2 is 2.23 bits per heavy atom. The molecule has 0 bridgehead atoms. The summed E-state index contributed by atoms with van der Waals surface area (Å²) in [5, 5.41) is 3.16. The van der Waals surface area contributed by atoms with Gasteiger partial charge in [-0.05, 0) is 51.7 Å². The number of fused-ring (bicyclic) bond motifs is 1. The maximum absolute atomic E-state index is 12.7. The van der Waals surface area contributed by atoms with Gasteiger partial charge in [0.15, 0.2) is 0 Å². The summed E-state index contributed by atoms with van der Waals surface area (Å²) < 4.78 is 7.16. The third kappa shape index (κ3) is 2.73. The third-order valence-corrected chi connectivity index (χ3v) is 4.40. The van der Waals surface area contributed by atoms with E-state index in [-0.39, 0.29) is 11.4 Å². The quantitative estimate of drug-likeness (QED) is 0.924. The summed E-state index contributed by atoms with van der Waals surface area (Å²) in [5.41, 5.74) is 3.02. The molecule has 118 valence electrons. The minimum Gasteiger partial charge on any atom is -0.378 e. The number of carbonyl (C=O) groups excluding carboxylic acids is 1. The molecule has 3 rings (SSSR count). The van der Waals surface area contributed by atoms with Gasteiger partial charge in [0.1, 0.15) is 5.65 Å². The number of amides is 1. The predicted molar refractivity (Wildman–Crippen MR) is 84.9 cm³/mol. The highest BCUT2D eigenvalue weighted by molar-refractivity contribution is 6.00. The fraction of sp³-hybridized carbons (Fsp3) is 0.529. The zero-order valence-corrected chi connectivity index (χ0v) is 13.6. The minimum absolute atomic E-state index is 0.0548. The predicted octanol–water partition coefficient (Wildman–Crippen LogP) is 2.71. The summed E-state index contributed by atoms with van der Waals surface area (Å²) in [5.74, 6) is 0.532. The van der Waals surface area contributed by atoms with E-state index in [1.165, 1.54) is 12.8 Å². The molecule has 0 spiro atoms. The molecule has 0 radical (unpaired) electrons. The molecule has 2 heterocycles. The normalized spacial score (nSPS) is 15.3. The van der Waals surface area contributed by atoms with Gasteiger partial charge in [0.05, 0.1) is 17.9 Å².